The van der Waals surface area contributed by atoms with E-state index in [4.69, 9.17) is 9.47 Å². The van der Waals surface area contributed by atoms with Crippen LogP contribution in [0, 0.1) is 0 Å². The summed E-state index contributed by atoms with van der Waals surface area (Å²) >= 11 is 0. The topological polar surface area (TPSA) is 84.9 Å². The van der Waals surface area contributed by atoms with Crippen molar-refractivity contribution in [2.24, 2.45) is 0 Å². The summed E-state index contributed by atoms with van der Waals surface area (Å²) in [4.78, 5) is 37.8. The number of hydrogen-bond acceptors (Lipinski definition) is 5. The molecule has 3 rings (SSSR count). The molecule has 1 fully saturated rings. The minimum atomic E-state index is -0.819. The lowest BCUT2D eigenvalue weighted by molar-refractivity contribution is -0.144. The van der Waals surface area contributed by atoms with Crippen LogP contribution in [0.4, 0.5) is 0 Å². The van der Waals surface area contributed by atoms with Crippen molar-refractivity contribution in [2.45, 2.75) is 24.8 Å². The summed E-state index contributed by atoms with van der Waals surface area (Å²) in [6.07, 6.45) is -0.153. The number of amides is 3. The number of nitrogens with zero attached hydrogens (tertiary/aromatic N) is 1. The first kappa shape index (κ1) is 14.7. The normalized spacial score (nSPS) is 23.6. The number of carbonyl (C=O) groups excluding carboxylic acids is 3. The van der Waals surface area contributed by atoms with Crippen LogP contribution in [0.25, 0.3) is 0 Å². The van der Waals surface area contributed by atoms with Crippen molar-refractivity contribution >= 4 is 17.7 Å². The smallest absolute Gasteiger partial charge is 0.262 e. The first-order valence-electron chi connectivity index (χ1n) is 6.91. The number of benzene rings is 1. The third-order valence-electron chi connectivity index (χ3n) is 4.05. The number of rotatable bonds is 5. The molecule has 1 N–H and O–H groups in total. The molecule has 3 amide bonds. The summed E-state index contributed by atoms with van der Waals surface area (Å²) in [6, 6.07) is 5.37. The molecule has 0 unspecified atom stereocenters. The molecule has 0 radical (unpaired) electrons. The highest BCUT2D eigenvalue weighted by atomic mass is 16.7. The molecular weight excluding hydrogens is 288 g/mol. The van der Waals surface area contributed by atoms with Crippen molar-refractivity contribution < 1.29 is 23.9 Å². The number of fused-ring (bicyclic) bond motifs is 1. The zero-order valence-corrected chi connectivity index (χ0v) is 12.2. The average molecular weight is 304 g/mol. The molecule has 7 nitrogen and oxygen atoms in total. The van der Waals surface area contributed by atoms with E-state index in [0.717, 1.165) is 4.90 Å². The number of ether oxygens (including phenoxy) is 2. The van der Waals surface area contributed by atoms with E-state index in [1.165, 1.54) is 14.2 Å². The van der Waals surface area contributed by atoms with Crippen molar-refractivity contribution in [2.75, 3.05) is 14.2 Å². The standard InChI is InChI=1S/C15H16N2O5/c1-21-11(22-2)7-10-12(13(18)16-10)17-14(19)8-5-3-4-6-9(8)15(17)20/h3-6,10-12H,7H2,1-2H3,(H,16,18)/t10-,12+/m1/s1. The van der Waals surface area contributed by atoms with Gasteiger partial charge in [0.25, 0.3) is 11.8 Å². The fraction of sp³-hybridized carbons (Fsp3) is 0.400. The van der Waals surface area contributed by atoms with Crippen molar-refractivity contribution in [1.29, 1.82) is 0 Å². The van der Waals surface area contributed by atoms with Gasteiger partial charge in [0.05, 0.1) is 17.2 Å². The van der Waals surface area contributed by atoms with Gasteiger partial charge in [0.15, 0.2) is 6.29 Å². The Kier molecular flexibility index (Phi) is 3.67. The van der Waals surface area contributed by atoms with Crippen LogP contribution in [0.2, 0.25) is 0 Å². The molecule has 1 aromatic rings. The van der Waals surface area contributed by atoms with Crippen LogP contribution in [-0.4, -0.2) is 55.2 Å². The van der Waals surface area contributed by atoms with Gasteiger partial charge >= 0.3 is 0 Å². The Labute approximate surface area is 127 Å². The van der Waals surface area contributed by atoms with Crippen molar-refractivity contribution in [1.82, 2.24) is 10.2 Å². The van der Waals surface area contributed by atoms with E-state index >= 15 is 0 Å². The van der Waals surface area contributed by atoms with Crippen molar-refractivity contribution in [3.8, 4) is 0 Å². The molecule has 0 bridgehead atoms. The molecule has 0 saturated carbocycles. The molecule has 1 saturated heterocycles. The number of hydrogen-bond donors (Lipinski definition) is 1. The molecule has 1 aromatic carbocycles. The van der Waals surface area contributed by atoms with Gasteiger partial charge in [-0.1, -0.05) is 12.1 Å². The number of carbonyl (C=O) groups is 3. The largest absolute Gasteiger partial charge is 0.356 e. The summed E-state index contributed by atoms with van der Waals surface area (Å²) < 4.78 is 10.2. The molecule has 0 spiro atoms. The van der Waals surface area contributed by atoms with Gasteiger partial charge in [-0.2, -0.15) is 0 Å². The highest BCUT2D eigenvalue weighted by Gasteiger charge is 2.52. The highest BCUT2D eigenvalue weighted by molar-refractivity contribution is 6.23. The van der Waals surface area contributed by atoms with Gasteiger partial charge in [0, 0.05) is 20.6 Å². The zero-order chi connectivity index (χ0) is 15.9. The fourth-order valence-corrected chi connectivity index (χ4v) is 2.88. The molecular formula is C15H16N2O5. The summed E-state index contributed by atoms with van der Waals surface area (Å²) in [7, 11) is 2.98. The van der Waals surface area contributed by atoms with Crippen molar-refractivity contribution in [3.05, 3.63) is 35.4 Å². The zero-order valence-electron chi connectivity index (χ0n) is 12.2. The minimum Gasteiger partial charge on any atom is -0.356 e. The Morgan fingerprint density at radius 1 is 1.09 bits per heavy atom. The van der Waals surface area contributed by atoms with E-state index in [-0.39, 0.29) is 11.9 Å². The molecule has 0 aromatic heterocycles. The van der Waals surface area contributed by atoms with Gasteiger partial charge in [0.2, 0.25) is 5.91 Å². The Morgan fingerprint density at radius 3 is 2.09 bits per heavy atom. The number of imide groups is 1. The van der Waals surface area contributed by atoms with E-state index in [0.29, 0.717) is 17.5 Å². The molecule has 2 atom stereocenters. The lowest BCUT2D eigenvalue weighted by Crippen LogP contribution is -2.70. The van der Waals surface area contributed by atoms with Crippen LogP contribution in [0.15, 0.2) is 24.3 Å². The Hall–Kier alpha value is -2.25. The maximum Gasteiger partial charge on any atom is 0.262 e. The van der Waals surface area contributed by atoms with E-state index in [2.05, 4.69) is 5.32 Å². The first-order chi connectivity index (χ1) is 10.6. The monoisotopic (exact) mass is 304 g/mol. The number of methoxy groups -OCH3 is 2. The average Bonchev–Trinajstić information content (AvgIpc) is 2.77. The molecule has 2 aliphatic heterocycles. The maximum absolute atomic E-state index is 12.4. The molecule has 0 aliphatic carbocycles. The maximum atomic E-state index is 12.4. The fourth-order valence-electron chi connectivity index (χ4n) is 2.88. The van der Waals surface area contributed by atoms with Gasteiger partial charge in [-0.25, -0.2) is 0 Å². The second-order valence-corrected chi connectivity index (χ2v) is 5.22. The van der Waals surface area contributed by atoms with Crippen LogP contribution >= 0.6 is 0 Å². The predicted molar refractivity (Wildman–Crippen MR) is 75.1 cm³/mol. The van der Waals surface area contributed by atoms with Crippen LogP contribution in [0.1, 0.15) is 27.1 Å². The van der Waals surface area contributed by atoms with E-state index in [9.17, 15) is 14.4 Å². The summed E-state index contributed by atoms with van der Waals surface area (Å²) in [5, 5.41) is 2.69. The van der Waals surface area contributed by atoms with Gasteiger partial charge in [0.1, 0.15) is 6.04 Å². The SMILES string of the molecule is COC(C[C@H]1NC(=O)[C@H]1N1C(=O)c2ccccc2C1=O)OC. The van der Waals surface area contributed by atoms with Crippen molar-refractivity contribution in [3.63, 3.8) is 0 Å². The summed E-state index contributed by atoms with van der Waals surface area (Å²) in [6.45, 7) is 0. The second kappa shape index (κ2) is 5.51. The Balaban J connectivity index is 1.83. The van der Waals surface area contributed by atoms with Crippen LogP contribution in [0.5, 0.6) is 0 Å². The molecule has 116 valence electrons. The van der Waals surface area contributed by atoms with Gasteiger partial charge in [-0.3, -0.25) is 19.3 Å². The lowest BCUT2D eigenvalue weighted by Gasteiger charge is -2.41. The molecule has 2 heterocycles. The van der Waals surface area contributed by atoms with Gasteiger partial charge < -0.3 is 14.8 Å². The van der Waals surface area contributed by atoms with E-state index in [1.807, 2.05) is 0 Å². The third-order valence-corrected chi connectivity index (χ3v) is 4.05. The second-order valence-electron chi connectivity index (χ2n) is 5.22. The number of β-lactam (4-membered cyclic amide) rings is 1. The molecule has 7 heteroatoms. The van der Waals surface area contributed by atoms with Crippen LogP contribution in [-0.2, 0) is 14.3 Å². The summed E-state index contributed by atoms with van der Waals surface area (Å²) in [5.41, 5.74) is 0.668. The first-order valence-corrected chi connectivity index (χ1v) is 6.91. The quantitative estimate of drug-likeness (QED) is 0.476. The van der Waals surface area contributed by atoms with Gasteiger partial charge in [-0.15, -0.1) is 0 Å². The van der Waals surface area contributed by atoms with Crippen LogP contribution < -0.4 is 5.32 Å². The van der Waals surface area contributed by atoms with E-state index < -0.39 is 24.1 Å². The molecule has 22 heavy (non-hydrogen) atoms. The summed E-state index contributed by atoms with van der Waals surface area (Å²) in [5.74, 6) is -1.21. The van der Waals surface area contributed by atoms with Gasteiger partial charge in [-0.05, 0) is 12.1 Å². The Bertz CT molecular complexity index is 606. The van der Waals surface area contributed by atoms with Crippen LogP contribution in [0.3, 0.4) is 0 Å². The predicted octanol–water partition coefficient (Wildman–Crippen LogP) is 0.159. The third kappa shape index (κ3) is 2.10. The highest BCUT2D eigenvalue weighted by Crippen LogP contribution is 2.29. The lowest BCUT2D eigenvalue weighted by atomic mass is 9.93. The number of nitrogens with one attached hydrogen (secondary N) is 1. The minimum absolute atomic E-state index is 0.334. The Morgan fingerprint density at radius 2 is 1.64 bits per heavy atom. The molecule has 2 aliphatic rings. The van der Waals surface area contributed by atoms with E-state index in [1.54, 1.807) is 24.3 Å².